The molecule has 0 spiro atoms. The van der Waals surface area contributed by atoms with Crippen LogP contribution in [0.2, 0.25) is 0 Å². The maximum atomic E-state index is 12.5. The number of thioether (sulfide) groups is 1. The number of benzene rings is 1. The SMILES string of the molecule is COC(=O)Cc1cc(=O)[nH]c(S[C@H](C)C(=O)Nc2ccc3c(c2)CCC3)n1. The molecule has 0 aliphatic heterocycles. The van der Waals surface area contributed by atoms with Crippen molar-refractivity contribution in [3.63, 3.8) is 0 Å². The fourth-order valence-electron chi connectivity index (χ4n) is 2.96. The predicted molar refractivity (Wildman–Crippen MR) is 103 cm³/mol. The quantitative estimate of drug-likeness (QED) is 0.447. The molecule has 1 amide bonds. The zero-order chi connectivity index (χ0) is 19.4. The molecule has 1 heterocycles. The number of aromatic amines is 1. The van der Waals surface area contributed by atoms with Gasteiger partial charge in [0.2, 0.25) is 5.91 Å². The lowest BCUT2D eigenvalue weighted by atomic mass is 10.1. The molecular weight excluding hydrogens is 366 g/mol. The van der Waals surface area contributed by atoms with Gasteiger partial charge < -0.3 is 15.0 Å². The van der Waals surface area contributed by atoms with E-state index in [1.165, 1.54) is 24.3 Å². The number of nitrogens with one attached hydrogen (secondary N) is 2. The van der Waals surface area contributed by atoms with Crippen molar-refractivity contribution in [2.24, 2.45) is 0 Å². The number of aromatic nitrogens is 2. The Morgan fingerprint density at radius 1 is 1.30 bits per heavy atom. The lowest BCUT2D eigenvalue weighted by Gasteiger charge is -2.12. The number of aryl methyl sites for hydroxylation is 2. The summed E-state index contributed by atoms with van der Waals surface area (Å²) in [6.45, 7) is 1.74. The first-order valence-electron chi connectivity index (χ1n) is 8.71. The number of nitrogens with zero attached hydrogens (tertiary/aromatic N) is 1. The molecule has 7 nitrogen and oxygen atoms in total. The molecular formula is C19H21N3O4S. The smallest absolute Gasteiger partial charge is 0.311 e. The third-order valence-corrected chi connectivity index (χ3v) is 5.33. The summed E-state index contributed by atoms with van der Waals surface area (Å²) < 4.78 is 4.59. The average molecular weight is 387 g/mol. The van der Waals surface area contributed by atoms with Crippen molar-refractivity contribution in [3.05, 3.63) is 51.4 Å². The van der Waals surface area contributed by atoms with E-state index in [1.807, 2.05) is 12.1 Å². The number of hydrogen-bond acceptors (Lipinski definition) is 6. The van der Waals surface area contributed by atoms with Crippen molar-refractivity contribution in [1.82, 2.24) is 9.97 Å². The van der Waals surface area contributed by atoms with E-state index in [4.69, 9.17) is 0 Å². The summed E-state index contributed by atoms with van der Waals surface area (Å²) in [5, 5.41) is 2.72. The van der Waals surface area contributed by atoms with Gasteiger partial charge in [0.25, 0.3) is 5.56 Å². The number of carbonyl (C=O) groups is 2. The van der Waals surface area contributed by atoms with Crippen LogP contribution in [0.4, 0.5) is 5.69 Å². The highest BCUT2D eigenvalue weighted by molar-refractivity contribution is 8.00. The number of ether oxygens (including phenoxy) is 1. The zero-order valence-electron chi connectivity index (χ0n) is 15.2. The normalized spacial score (nSPS) is 13.7. The van der Waals surface area contributed by atoms with Crippen LogP contribution in [0.1, 0.15) is 30.2 Å². The second-order valence-electron chi connectivity index (χ2n) is 6.38. The summed E-state index contributed by atoms with van der Waals surface area (Å²) in [4.78, 5) is 42.4. The van der Waals surface area contributed by atoms with Gasteiger partial charge in [0.05, 0.1) is 24.5 Å². The minimum Gasteiger partial charge on any atom is -0.469 e. The van der Waals surface area contributed by atoms with Crippen LogP contribution in [0.5, 0.6) is 0 Å². The second kappa shape index (κ2) is 8.39. The molecule has 2 aromatic rings. The van der Waals surface area contributed by atoms with Crippen LogP contribution in [0.3, 0.4) is 0 Å². The van der Waals surface area contributed by atoms with Crippen LogP contribution >= 0.6 is 11.8 Å². The number of amides is 1. The number of H-pyrrole nitrogens is 1. The fourth-order valence-corrected chi connectivity index (χ4v) is 3.79. The topological polar surface area (TPSA) is 101 Å². The van der Waals surface area contributed by atoms with Crippen LogP contribution in [-0.4, -0.2) is 34.2 Å². The van der Waals surface area contributed by atoms with Gasteiger partial charge in [-0.2, -0.15) is 0 Å². The van der Waals surface area contributed by atoms with Crippen LogP contribution in [-0.2, 0) is 33.6 Å². The van der Waals surface area contributed by atoms with Gasteiger partial charge >= 0.3 is 5.97 Å². The van der Waals surface area contributed by atoms with Gasteiger partial charge in [-0.15, -0.1) is 0 Å². The first-order chi connectivity index (χ1) is 12.9. The van der Waals surface area contributed by atoms with Crippen molar-refractivity contribution >= 4 is 29.3 Å². The molecule has 3 rings (SSSR count). The van der Waals surface area contributed by atoms with Gasteiger partial charge in [0.15, 0.2) is 5.16 Å². The van der Waals surface area contributed by atoms with E-state index in [-0.39, 0.29) is 23.0 Å². The largest absolute Gasteiger partial charge is 0.469 e. The Bertz CT molecular complexity index is 925. The Morgan fingerprint density at radius 2 is 2.07 bits per heavy atom. The third kappa shape index (κ3) is 4.97. The number of methoxy groups -OCH3 is 1. The molecule has 0 unspecified atom stereocenters. The Labute approximate surface area is 160 Å². The molecule has 8 heteroatoms. The summed E-state index contributed by atoms with van der Waals surface area (Å²) in [5.41, 5.74) is 3.33. The van der Waals surface area contributed by atoms with Crippen molar-refractivity contribution in [1.29, 1.82) is 0 Å². The first-order valence-corrected chi connectivity index (χ1v) is 9.59. The summed E-state index contributed by atoms with van der Waals surface area (Å²) in [6.07, 6.45) is 3.20. The number of fused-ring (bicyclic) bond motifs is 1. The van der Waals surface area contributed by atoms with Crippen LogP contribution in [0.15, 0.2) is 34.2 Å². The molecule has 0 radical (unpaired) electrons. The number of carbonyl (C=O) groups excluding carboxylic acids is 2. The van der Waals surface area contributed by atoms with E-state index in [1.54, 1.807) is 6.92 Å². The lowest BCUT2D eigenvalue weighted by molar-refractivity contribution is -0.139. The molecule has 0 saturated heterocycles. The molecule has 1 aliphatic rings. The van der Waals surface area contributed by atoms with Crippen molar-refractivity contribution < 1.29 is 14.3 Å². The molecule has 27 heavy (non-hydrogen) atoms. The van der Waals surface area contributed by atoms with E-state index in [2.05, 4.69) is 26.1 Å². The van der Waals surface area contributed by atoms with Crippen LogP contribution in [0.25, 0.3) is 0 Å². The molecule has 0 saturated carbocycles. The van der Waals surface area contributed by atoms with E-state index in [0.717, 1.165) is 36.7 Å². The zero-order valence-corrected chi connectivity index (χ0v) is 16.0. The monoisotopic (exact) mass is 387 g/mol. The minimum absolute atomic E-state index is 0.0936. The van der Waals surface area contributed by atoms with Gasteiger partial charge in [0, 0.05) is 11.8 Å². The maximum absolute atomic E-state index is 12.5. The highest BCUT2D eigenvalue weighted by Gasteiger charge is 2.18. The van der Waals surface area contributed by atoms with E-state index in [9.17, 15) is 14.4 Å². The third-order valence-electron chi connectivity index (χ3n) is 4.35. The van der Waals surface area contributed by atoms with Gasteiger partial charge in [0.1, 0.15) is 0 Å². The van der Waals surface area contributed by atoms with E-state index < -0.39 is 11.2 Å². The van der Waals surface area contributed by atoms with E-state index in [0.29, 0.717) is 5.69 Å². The molecule has 2 N–H and O–H groups in total. The first kappa shape index (κ1) is 19.2. The number of rotatable bonds is 6. The van der Waals surface area contributed by atoms with Crippen molar-refractivity contribution in [3.8, 4) is 0 Å². The second-order valence-corrected chi connectivity index (χ2v) is 7.71. The Morgan fingerprint density at radius 3 is 2.85 bits per heavy atom. The Hall–Kier alpha value is -2.61. The van der Waals surface area contributed by atoms with Gasteiger partial charge in [-0.25, -0.2) is 4.98 Å². The number of esters is 1. The maximum Gasteiger partial charge on any atom is 0.311 e. The van der Waals surface area contributed by atoms with Gasteiger partial charge in [-0.05, 0) is 49.4 Å². The Balaban J connectivity index is 1.65. The van der Waals surface area contributed by atoms with Crippen molar-refractivity contribution in [2.45, 2.75) is 43.0 Å². The number of hydrogen-bond donors (Lipinski definition) is 2. The minimum atomic E-state index is -0.480. The highest BCUT2D eigenvalue weighted by Crippen LogP contribution is 2.26. The Kier molecular flexibility index (Phi) is 5.95. The summed E-state index contributed by atoms with van der Waals surface area (Å²) >= 11 is 1.13. The lowest BCUT2D eigenvalue weighted by Crippen LogP contribution is -2.23. The molecule has 1 aromatic heterocycles. The fraction of sp³-hybridized carbons (Fsp3) is 0.368. The molecule has 0 bridgehead atoms. The molecule has 1 aromatic carbocycles. The summed E-state index contributed by atoms with van der Waals surface area (Å²) in [6, 6.07) is 7.24. The standard InChI is InChI=1S/C19H21N3O4S/c1-11(18(25)20-14-7-6-12-4-3-5-13(12)8-14)27-19-21-15(9-16(23)22-19)10-17(24)26-2/h6-9,11H,3-5,10H2,1-2H3,(H,20,25)(H,21,22,23)/t11-/m1/s1. The summed E-state index contributed by atoms with van der Waals surface area (Å²) in [7, 11) is 1.27. The van der Waals surface area contributed by atoms with Gasteiger partial charge in [-0.1, -0.05) is 17.8 Å². The van der Waals surface area contributed by atoms with E-state index >= 15 is 0 Å². The van der Waals surface area contributed by atoms with Gasteiger partial charge in [-0.3, -0.25) is 14.4 Å². The highest BCUT2D eigenvalue weighted by atomic mass is 32.2. The van der Waals surface area contributed by atoms with Crippen molar-refractivity contribution in [2.75, 3.05) is 12.4 Å². The molecule has 142 valence electrons. The average Bonchev–Trinajstić information content (AvgIpc) is 3.08. The molecule has 0 fully saturated rings. The van der Waals surface area contributed by atoms with Crippen LogP contribution in [0, 0.1) is 0 Å². The molecule has 1 atom stereocenters. The van der Waals surface area contributed by atoms with Crippen LogP contribution < -0.4 is 10.9 Å². The predicted octanol–water partition coefficient (Wildman–Crippen LogP) is 2.09. The molecule has 1 aliphatic carbocycles. The number of anilines is 1. The summed E-state index contributed by atoms with van der Waals surface area (Å²) in [5.74, 6) is -0.662.